The summed E-state index contributed by atoms with van der Waals surface area (Å²) in [4.78, 5) is 3.90. The van der Waals surface area contributed by atoms with Crippen molar-refractivity contribution in [2.45, 2.75) is 24.5 Å². The Hall–Kier alpha value is -0.700. The Morgan fingerprint density at radius 1 is 1.43 bits per heavy atom. The highest BCUT2D eigenvalue weighted by molar-refractivity contribution is 7.89. The molecule has 5 nitrogen and oxygen atoms in total. The molecule has 0 aliphatic carbocycles. The van der Waals surface area contributed by atoms with Gasteiger partial charge < -0.3 is 5.11 Å². The molecule has 1 heterocycles. The maximum absolute atomic E-state index is 12.4. The van der Waals surface area contributed by atoms with E-state index in [-0.39, 0.29) is 20.5 Å². The molecule has 0 fully saturated rings. The molecule has 1 unspecified atom stereocenters. The van der Waals surface area contributed by atoms with Gasteiger partial charge in [-0.3, -0.25) is 0 Å². The highest BCUT2D eigenvalue weighted by Crippen LogP contribution is 2.30. The predicted molar refractivity (Wildman–Crippen MR) is 83.2 cm³/mol. The number of aromatic nitrogens is 1. The molecule has 0 saturated carbocycles. The number of hydrogen-bond donors (Lipinski definition) is 2. The van der Waals surface area contributed by atoms with E-state index in [0.717, 1.165) is 0 Å². The number of thiazole rings is 1. The Morgan fingerprint density at radius 2 is 2.14 bits per heavy atom. The zero-order chi connectivity index (χ0) is 15.6. The van der Waals surface area contributed by atoms with Gasteiger partial charge in [0, 0.05) is 16.6 Å². The molecule has 0 amide bonds. The van der Waals surface area contributed by atoms with E-state index < -0.39 is 22.7 Å². The maximum Gasteiger partial charge on any atom is 0.242 e. The summed E-state index contributed by atoms with van der Waals surface area (Å²) in [5, 5.41) is 11.7. The first-order chi connectivity index (χ1) is 9.85. The maximum atomic E-state index is 12.4. The fraction of sp³-hybridized carbons (Fsp3) is 0.250. The molecular formula is C12H12Cl2N2O3S2. The van der Waals surface area contributed by atoms with Gasteiger partial charge in [0.1, 0.15) is 9.90 Å². The van der Waals surface area contributed by atoms with Crippen LogP contribution in [0.2, 0.25) is 10.0 Å². The molecule has 0 aliphatic heterocycles. The van der Waals surface area contributed by atoms with E-state index in [0.29, 0.717) is 5.01 Å². The Morgan fingerprint density at radius 3 is 2.71 bits per heavy atom. The summed E-state index contributed by atoms with van der Waals surface area (Å²) in [7, 11) is -3.88. The fourth-order valence-corrected chi connectivity index (χ4v) is 4.58. The summed E-state index contributed by atoms with van der Waals surface area (Å²) in [5.74, 6) is 0. The van der Waals surface area contributed by atoms with E-state index in [4.69, 9.17) is 23.2 Å². The van der Waals surface area contributed by atoms with Crippen LogP contribution in [0, 0.1) is 0 Å². The molecule has 0 spiro atoms. The van der Waals surface area contributed by atoms with Crippen molar-refractivity contribution in [3.8, 4) is 0 Å². The predicted octanol–water partition coefficient (Wildman–Crippen LogP) is 2.98. The molecule has 2 N–H and O–H groups in total. The summed E-state index contributed by atoms with van der Waals surface area (Å²) in [6.07, 6.45) is 1.60. The van der Waals surface area contributed by atoms with Crippen molar-refractivity contribution in [3.63, 3.8) is 0 Å². The van der Waals surface area contributed by atoms with Crippen LogP contribution in [0.15, 0.2) is 28.6 Å². The van der Waals surface area contributed by atoms with Crippen molar-refractivity contribution >= 4 is 44.6 Å². The van der Waals surface area contributed by atoms with Gasteiger partial charge in [-0.1, -0.05) is 23.2 Å². The van der Waals surface area contributed by atoms with E-state index in [1.807, 2.05) is 0 Å². The number of aliphatic hydroxyl groups is 1. The number of benzene rings is 1. The lowest BCUT2D eigenvalue weighted by Crippen LogP contribution is -2.27. The molecule has 0 aliphatic rings. The van der Waals surface area contributed by atoms with Gasteiger partial charge in [-0.15, -0.1) is 11.3 Å². The highest BCUT2D eigenvalue weighted by Gasteiger charge is 2.24. The highest BCUT2D eigenvalue weighted by atomic mass is 35.5. The summed E-state index contributed by atoms with van der Waals surface area (Å²) < 4.78 is 27.3. The molecule has 1 aromatic carbocycles. The molecule has 1 aromatic heterocycles. The lowest BCUT2D eigenvalue weighted by Gasteiger charge is -2.14. The largest absolute Gasteiger partial charge is 0.392 e. The summed E-state index contributed by atoms with van der Waals surface area (Å²) in [6, 6.07) is 2.18. The van der Waals surface area contributed by atoms with Crippen molar-refractivity contribution < 1.29 is 13.5 Å². The molecular weight excluding hydrogens is 355 g/mol. The molecule has 0 saturated heterocycles. The van der Waals surface area contributed by atoms with Crippen LogP contribution in [0.5, 0.6) is 0 Å². The third-order valence-electron chi connectivity index (χ3n) is 2.69. The van der Waals surface area contributed by atoms with Gasteiger partial charge in [-0.05, 0) is 24.6 Å². The van der Waals surface area contributed by atoms with Gasteiger partial charge in [0.05, 0.1) is 17.7 Å². The van der Waals surface area contributed by atoms with Gasteiger partial charge in [0.25, 0.3) is 0 Å². The average Bonchev–Trinajstić information content (AvgIpc) is 2.94. The summed E-state index contributed by atoms with van der Waals surface area (Å²) >= 11 is 13.2. The van der Waals surface area contributed by atoms with Crippen LogP contribution in [0.4, 0.5) is 0 Å². The molecule has 0 bridgehead atoms. The Bertz CT molecular complexity index is 733. The zero-order valence-electron chi connectivity index (χ0n) is 10.9. The van der Waals surface area contributed by atoms with Crippen molar-refractivity contribution in [3.05, 3.63) is 44.3 Å². The summed E-state index contributed by atoms with van der Waals surface area (Å²) in [6.45, 7) is 1.28. The van der Waals surface area contributed by atoms with E-state index >= 15 is 0 Å². The van der Waals surface area contributed by atoms with E-state index in [1.54, 1.807) is 18.5 Å². The molecule has 2 aromatic rings. The molecule has 114 valence electrons. The van der Waals surface area contributed by atoms with Crippen molar-refractivity contribution in [2.75, 3.05) is 0 Å². The zero-order valence-corrected chi connectivity index (χ0v) is 14.0. The molecule has 2 rings (SSSR count). The normalized spacial score (nSPS) is 13.3. The van der Waals surface area contributed by atoms with E-state index in [1.165, 1.54) is 23.5 Å². The van der Waals surface area contributed by atoms with Crippen molar-refractivity contribution in [1.29, 1.82) is 0 Å². The number of nitrogens with one attached hydrogen (secondary N) is 1. The standard InChI is InChI=1S/C12H12Cl2N2O3S2/c1-7(12-15-2-3-20-12)16-21(18,19)10-5-9(13)4-8(6-17)11(10)14/h2-5,7,16-17H,6H2,1H3. The second-order valence-corrected chi connectivity index (χ2v) is 7.67. The third-order valence-corrected chi connectivity index (χ3v) is 5.99. The van der Waals surface area contributed by atoms with Crippen LogP contribution in [0.25, 0.3) is 0 Å². The average molecular weight is 367 g/mol. The van der Waals surface area contributed by atoms with Crippen LogP contribution >= 0.6 is 34.5 Å². The van der Waals surface area contributed by atoms with E-state index in [2.05, 4.69) is 9.71 Å². The monoisotopic (exact) mass is 366 g/mol. The number of hydrogen-bond acceptors (Lipinski definition) is 5. The summed E-state index contributed by atoms with van der Waals surface area (Å²) in [5.41, 5.74) is 0.256. The van der Waals surface area contributed by atoms with Crippen molar-refractivity contribution in [2.24, 2.45) is 0 Å². The lowest BCUT2D eigenvalue weighted by molar-refractivity contribution is 0.281. The number of halogens is 2. The van der Waals surface area contributed by atoms with Crippen LogP contribution in [0.3, 0.4) is 0 Å². The third kappa shape index (κ3) is 3.74. The Balaban J connectivity index is 2.38. The number of rotatable bonds is 5. The van der Waals surface area contributed by atoms with Gasteiger partial charge in [0.2, 0.25) is 10.0 Å². The van der Waals surface area contributed by atoms with Gasteiger partial charge in [-0.2, -0.15) is 0 Å². The van der Waals surface area contributed by atoms with Crippen LogP contribution < -0.4 is 4.72 Å². The first kappa shape index (κ1) is 16.7. The Labute approximate surface area is 136 Å². The first-order valence-corrected chi connectivity index (χ1v) is 8.97. The lowest BCUT2D eigenvalue weighted by atomic mass is 10.2. The minimum atomic E-state index is -3.88. The second-order valence-electron chi connectivity index (χ2n) is 4.25. The fourth-order valence-electron chi connectivity index (χ4n) is 1.72. The molecule has 9 heteroatoms. The number of sulfonamides is 1. The Kier molecular flexibility index (Phi) is 5.24. The van der Waals surface area contributed by atoms with Gasteiger partial charge >= 0.3 is 0 Å². The first-order valence-electron chi connectivity index (χ1n) is 5.85. The van der Waals surface area contributed by atoms with Gasteiger partial charge in [0.15, 0.2) is 0 Å². The van der Waals surface area contributed by atoms with Crippen LogP contribution in [-0.4, -0.2) is 18.5 Å². The number of aliphatic hydroxyl groups excluding tert-OH is 1. The minimum Gasteiger partial charge on any atom is -0.392 e. The molecule has 1 atom stereocenters. The van der Waals surface area contributed by atoms with Gasteiger partial charge in [-0.25, -0.2) is 18.1 Å². The van der Waals surface area contributed by atoms with Crippen LogP contribution in [0.1, 0.15) is 23.5 Å². The molecule has 0 radical (unpaired) electrons. The SMILES string of the molecule is CC(NS(=O)(=O)c1cc(Cl)cc(CO)c1Cl)c1nccs1. The smallest absolute Gasteiger partial charge is 0.242 e. The van der Waals surface area contributed by atoms with E-state index in [9.17, 15) is 13.5 Å². The minimum absolute atomic E-state index is 0.0410. The van der Waals surface area contributed by atoms with Crippen LogP contribution in [-0.2, 0) is 16.6 Å². The topological polar surface area (TPSA) is 79.3 Å². The van der Waals surface area contributed by atoms with Crippen molar-refractivity contribution in [1.82, 2.24) is 9.71 Å². The molecule has 21 heavy (non-hydrogen) atoms. The second kappa shape index (κ2) is 6.60. The quantitative estimate of drug-likeness (QED) is 0.852. The number of nitrogens with zero attached hydrogens (tertiary/aromatic N) is 1.